The van der Waals surface area contributed by atoms with Gasteiger partial charge in [0.15, 0.2) is 0 Å². The summed E-state index contributed by atoms with van der Waals surface area (Å²) in [6.07, 6.45) is 7.88. The van der Waals surface area contributed by atoms with E-state index in [1.807, 2.05) is 17.9 Å². The Kier molecular flexibility index (Phi) is 4.36. The molecule has 0 aromatic carbocycles. The molecule has 1 saturated heterocycles. The normalized spacial score (nSPS) is 17.1. The maximum absolute atomic E-state index is 4.16. The number of hydrogen-bond acceptors (Lipinski definition) is 3. The predicted octanol–water partition coefficient (Wildman–Crippen LogP) is 0.648. The minimum absolute atomic E-state index is 1.06. The molecule has 0 amide bonds. The van der Waals surface area contributed by atoms with Gasteiger partial charge in [-0.15, -0.1) is 0 Å². The number of likely N-dealkylation sites (tertiary alicyclic amines) is 1. The van der Waals surface area contributed by atoms with Gasteiger partial charge >= 0.3 is 0 Å². The number of rotatable bonds is 6. The molecule has 0 bridgehead atoms. The van der Waals surface area contributed by atoms with Gasteiger partial charge in [0.2, 0.25) is 0 Å². The molecule has 16 heavy (non-hydrogen) atoms. The molecular formula is C12H22N4. The van der Waals surface area contributed by atoms with Crippen molar-refractivity contribution in [1.29, 1.82) is 0 Å². The van der Waals surface area contributed by atoms with Crippen molar-refractivity contribution in [2.75, 3.05) is 32.7 Å². The molecule has 2 heterocycles. The molecule has 1 fully saturated rings. The van der Waals surface area contributed by atoms with Crippen LogP contribution in [0.5, 0.6) is 0 Å². The van der Waals surface area contributed by atoms with Crippen LogP contribution in [0.25, 0.3) is 0 Å². The summed E-state index contributed by atoms with van der Waals surface area (Å²) in [5.41, 5.74) is 1.32. The molecule has 0 aliphatic carbocycles. The molecule has 0 radical (unpaired) electrons. The second-order valence-electron chi connectivity index (χ2n) is 4.57. The number of aryl methyl sites for hydroxylation is 1. The quantitative estimate of drug-likeness (QED) is 0.717. The maximum atomic E-state index is 4.16. The molecule has 4 heteroatoms. The first kappa shape index (κ1) is 11.6. The van der Waals surface area contributed by atoms with E-state index in [1.54, 1.807) is 0 Å². The zero-order chi connectivity index (χ0) is 11.2. The molecule has 2 rings (SSSR count). The van der Waals surface area contributed by atoms with Crippen LogP contribution in [0.3, 0.4) is 0 Å². The Morgan fingerprint density at radius 2 is 2.12 bits per heavy atom. The summed E-state index contributed by atoms with van der Waals surface area (Å²) in [5, 5.41) is 7.65. The third kappa shape index (κ3) is 3.61. The number of aromatic nitrogens is 2. The lowest BCUT2D eigenvalue weighted by Crippen LogP contribution is -2.30. The average molecular weight is 222 g/mol. The monoisotopic (exact) mass is 222 g/mol. The van der Waals surface area contributed by atoms with Gasteiger partial charge in [-0.25, -0.2) is 0 Å². The second kappa shape index (κ2) is 6.01. The summed E-state index contributed by atoms with van der Waals surface area (Å²) >= 11 is 0. The van der Waals surface area contributed by atoms with Crippen molar-refractivity contribution < 1.29 is 0 Å². The summed E-state index contributed by atoms with van der Waals surface area (Å²) in [6, 6.07) is 0. The third-order valence-electron chi connectivity index (χ3n) is 3.15. The zero-order valence-corrected chi connectivity index (χ0v) is 10.2. The van der Waals surface area contributed by atoms with E-state index < -0.39 is 0 Å². The van der Waals surface area contributed by atoms with E-state index in [0.29, 0.717) is 0 Å². The van der Waals surface area contributed by atoms with Crippen molar-refractivity contribution in [3.8, 4) is 0 Å². The first-order valence-electron chi connectivity index (χ1n) is 6.25. The summed E-state index contributed by atoms with van der Waals surface area (Å²) in [4.78, 5) is 2.54. The Balaban J connectivity index is 1.51. The van der Waals surface area contributed by atoms with Gasteiger partial charge in [0.25, 0.3) is 0 Å². The summed E-state index contributed by atoms with van der Waals surface area (Å²) in [6.45, 7) is 5.96. The van der Waals surface area contributed by atoms with Crippen LogP contribution >= 0.6 is 0 Å². The van der Waals surface area contributed by atoms with Crippen LogP contribution in [0.2, 0.25) is 0 Å². The highest BCUT2D eigenvalue weighted by Gasteiger charge is 2.09. The minimum atomic E-state index is 1.06. The van der Waals surface area contributed by atoms with Crippen LogP contribution < -0.4 is 5.32 Å². The van der Waals surface area contributed by atoms with Crippen LogP contribution in [0.15, 0.2) is 12.4 Å². The molecule has 0 unspecified atom stereocenters. The Morgan fingerprint density at radius 1 is 1.31 bits per heavy atom. The van der Waals surface area contributed by atoms with Crippen LogP contribution in [0, 0.1) is 0 Å². The van der Waals surface area contributed by atoms with Gasteiger partial charge in [-0.1, -0.05) is 0 Å². The van der Waals surface area contributed by atoms with Crippen molar-refractivity contribution >= 4 is 0 Å². The van der Waals surface area contributed by atoms with Crippen molar-refractivity contribution in [2.24, 2.45) is 7.05 Å². The fourth-order valence-electron chi connectivity index (χ4n) is 2.20. The second-order valence-corrected chi connectivity index (χ2v) is 4.57. The first-order valence-corrected chi connectivity index (χ1v) is 6.25. The SMILES string of the molecule is Cn1cc(CCNCCN2CCCC2)cn1. The van der Waals surface area contributed by atoms with E-state index in [2.05, 4.69) is 21.5 Å². The predicted molar refractivity (Wildman–Crippen MR) is 65.5 cm³/mol. The Morgan fingerprint density at radius 3 is 2.81 bits per heavy atom. The van der Waals surface area contributed by atoms with Gasteiger partial charge in [0.05, 0.1) is 6.20 Å². The molecule has 0 saturated carbocycles. The van der Waals surface area contributed by atoms with Gasteiger partial charge in [0, 0.05) is 26.3 Å². The first-order chi connectivity index (χ1) is 7.84. The molecular weight excluding hydrogens is 200 g/mol. The molecule has 4 nitrogen and oxygen atoms in total. The lowest BCUT2D eigenvalue weighted by molar-refractivity contribution is 0.336. The Labute approximate surface area is 97.6 Å². The lowest BCUT2D eigenvalue weighted by Gasteiger charge is -2.14. The number of nitrogens with one attached hydrogen (secondary N) is 1. The molecule has 90 valence electrons. The molecule has 0 atom stereocenters. The fourth-order valence-corrected chi connectivity index (χ4v) is 2.20. The largest absolute Gasteiger partial charge is 0.315 e. The zero-order valence-electron chi connectivity index (χ0n) is 10.2. The van der Waals surface area contributed by atoms with E-state index >= 15 is 0 Å². The number of hydrogen-bond donors (Lipinski definition) is 1. The van der Waals surface area contributed by atoms with E-state index in [1.165, 1.54) is 38.0 Å². The van der Waals surface area contributed by atoms with Crippen LogP contribution in [-0.2, 0) is 13.5 Å². The standard InChI is InChI=1S/C12H22N4/c1-15-11-12(10-14-15)4-5-13-6-9-16-7-2-3-8-16/h10-11,13H,2-9H2,1H3. The van der Waals surface area contributed by atoms with Crippen LogP contribution in [-0.4, -0.2) is 47.4 Å². The number of nitrogens with zero attached hydrogens (tertiary/aromatic N) is 3. The summed E-state index contributed by atoms with van der Waals surface area (Å²) < 4.78 is 1.86. The Hall–Kier alpha value is -0.870. The molecule has 1 aliphatic rings. The van der Waals surface area contributed by atoms with E-state index in [0.717, 1.165) is 19.5 Å². The highest BCUT2D eigenvalue weighted by Crippen LogP contribution is 2.05. The van der Waals surface area contributed by atoms with Crippen molar-refractivity contribution in [3.63, 3.8) is 0 Å². The smallest absolute Gasteiger partial charge is 0.0522 e. The molecule has 1 aromatic heterocycles. The molecule has 0 spiro atoms. The molecule has 1 N–H and O–H groups in total. The highest BCUT2D eigenvalue weighted by molar-refractivity contribution is 5.03. The van der Waals surface area contributed by atoms with Crippen molar-refractivity contribution in [3.05, 3.63) is 18.0 Å². The Bertz CT molecular complexity index is 302. The third-order valence-corrected chi connectivity index (χ3v) is 3.15. The van der Waals surface area contributed by atoms with E-state index in [4.69, 9.17) is 0 Å². The summed E-state index contributed by atoms with van der Waals surface area (Å²) in [5.74, 6) is 0. The molecule has 1 aromatic rings. The van der Waals surface area contributed by atoms with E-state index in [9.17, 15) is 0 Å². The van der Waals surface area contributed by atoms with Crippen LogP contribution in [0.4, 0.5) is 0 Å². The van der Waals surface area contributed by atoms with Gasteiger partial charge in [-0.2, -0.15) is 5.10 Å². The minimum Gasteiger partial charge on any atom is -0.315 e. The van der Waals surface area contributed by atoms with Crippen molar-refractivity contribution in [1.82, 2.24) is 20.0 Å². The average Bonchev–Trinajstić information content (AvgIpc) is 2.89. The van der Waals surface area contributed by atoms with Gasteiger partial charge < -0.3 is 10.2 Å². The van der Waals surface area contributed by atoms with E-state index in [-0.39, 0.29) is 0 Å². The maximum Gasteiger partial charge on any atom is 0.0522 e. The van der Waals surface area contributed by atoms with Gasteiger partial charge in [-0.05, 0) is 44.5 Å². The van der Waals surface area contributed by atoms with Crippen LogP contribution in [0.1, 0.15) is 18.4 Å². The van der Waals surface area contributed by atoms with Gasteiger partial charge in [0.1, 0.15) is 0 Å². The summed E-state index contributed by atoms with van der Waals surface area (Å²) in [7, 11) is 1.96. The fraction of sp³-hybridized carbons (Fsp3) is 0.750. The molecule has 1 aliphatic heterocycles. The lowest BCUT2D eigenvalue weighted by atomic mass is 10.2. The topological polar surface area (TPSA) is 33.1 Å². The van der Waals surface area contributed by atoms with Crippen molar-refractivity contribution in [2.45, 2.75) is 19.3 Å². The van der Waals surface area contributed by atoms with Gasteiger partial charge in [-0.3, -0.25) is 4.68 Å². The highest BCUT2D eigenvalue weighted by atomic mass is 15.2.